The highest BCUT2D eigenvalue weighted by Gasteiger charge is 2.24. The molecule has 5 rings (SSSR count). The van der Waals surface area contributed by atoms with Crippen molar-refractivity contribution in [3.8, 4) is 11.4 Å². The van der Waals surface area contributed by atoms with Gasteiger partial charge in [0.15, 0.2) is 5.65 Å². The third-order valence-corrected chi connectivity index (χ3v) is 6.35. The van der Waals surface area contributed by atoms with E-state index in [1.165, 1.54) is 0 Å². The van der Waals surface area contributed by atoms with Gasteiger partial charge in [0.05, 0.1) is 49.2 Å². The first-order chi connectivity index (χ1) is 16.8. The van der Waals surface area contributed by atoms with Crippen LogP contribution in [-0.2, 0) is 11.3 Å². The number of amides is 1. The number of aryl methyl sites for hydroxylation is 1. The summed E-state index contributed by atoms with van der Waals surface area (Å²) in [6.07, 6.45) is 3.28. The predicted molar refractivity (Wildman–Crippen MR) is 140 cm³/mol. The number of H-pyrrole nitrogens is 1. The molecular weight excluding hydrogens is 482 g/mol. The number of aliphatic hydroxyl groups is 1. The summed E-state index contributed by atoms with van der Waals surface area (Å²) in [6.45, 7) is 10.4. The molecule has 1 saturated heterocycles. The number of aromatic amines is 1. The number of fused-ring (bicyclic) bond motifs is 2. The molecule has 1 aromatic carbocycles. The standard InChI is InChI=1S/C25H31N7O3.ClH/c1-16-4-5-17-20(12-16)32(7-6-31-8-10-35-11-9-31)30-21(17)19-14-27-23-22(28-19)18(13-26-23)24(34)29-25(2,3)15-33;/h4-5,12-14,33H,6-11,15H2,1-3H3,(H,26,27)(H,29,34);1H. The van der Waals surface area contributed by atoms with Gasteiger partial charge in [0.25, 0.3) is 5.91 Å². The first kappa shape index (κ1) is 26.0. The summed E-state index contributed by atoms with van der Waals surface area (Å²) in [5.41, 5.74) is 4.17. The molecule has 10 nitrogen and oxygen atoms in total. The van der Waals surface area contributed by atoms with Gasteiger partial charge in [-0.2, -0.15) is 5.10 Å². The number of hydrogen-bond donors (Lipinski definition) is 3. The van der Waals surface area contributed by atoms with Crippen molar-refractivity contribution in [1.82, 2.24) is 34.9 Å². The Morgan fingerprint density at radius 3 is 2.78 bits per heavy atom. The van der Waals surface area contributed by atoms with Gasteiger partial charge in [-0.15, -0.1) is 12.4 Å². The van der Waals surface area contributed by atoms with Crippen LogP contribution in [0.15, 0.2) is 30.6 Å². The van der Waals surface area contributed by atoms with Gasteiger partial charge >= 0.3 is 0 Å². The lowest BCUT2D eigenvalue weighted by Crippen LogP contribution is -2.46. The van der Waals surface area contributed by atoms with Crippen molar-refractivity contribution in [3.63, 3.8) is 0 Å². The van der Waals surface area contributed by atoms with Crippen molar-refractivity contribution < 1.29 is 14.6 Å². The molecule has 0 bridgehead atoms. The van der Waals surface area contributed by atoms with Crippen molar-refractivity contribution in [2.24, 2.45) is 0 Å². The van der Waals surface area contributed by atoms with E-state index in [9.17, 15) is 9.90 Å². The number of nitrogens with zero attached hydrogens (tertiary/aromatic N) is 5. The maximum absolute atomic E-state index is 12.9. The number of nitrogens with one attached hydrogen (secondary N) is 2. The highest BCUT2D eigenvalue weighted by Crippen LogP contribution is 2.29. The lowest BCUT2D eigenvalue weighted by Gasteiger charge is -2.26. The molecule has 3 N–H and O–H groups in total. The fraction of sp³-hybridized carbons (Fsp3) is 0.440. The Hall–Kier alpha value is -3.05. The third kappa shape index (κ3) is 5.22. The Balaban J connectivity index is 0.00000304. The van der Waals surface area contributed by atoms with Crippen molar-refractivity contribution >= 4 is 40.4 Å². The second-order valence-corrected chi connectivity index (χ2v) is 9.70. The molecule has 36 heavy (non-hydrogen) atoms. The van der Waals surface area contributed by atoms with Gasteiger partial charge in [-0.05, 0) is 32.4 Å². The summed E-state index contributed by atoms with van der Waals surface area (Å²) in [7, 11) is 0. The Kier molecular flexibility index (Phi) is 7.60. The van der Waals surface area contributed by atoms with E-state index in [1.54, 1.807) is 26.2 Å². The molecule has 1 aliphatic heterocycles. The summed E-state index contributed by atoms with van der Waals surface area (Å²) in [6, 6.07) is 6.28. The van der Waals surface area contributed by atoms with E-state index >= 15 is 0 Å². The maximum atomic E-state index is 12.9. The maximum Gasteiger partial charge on any atom is 0.255 e. The summed E-state index contributed by atoms with van der Waals surface area (Å²) >= 11 is 0. The Bertz CT molecular complexity index is 1380. The predicted octanol–water partition coefficient (Wildman–Crippen LogP) is 2.54. The molecule has 4 heterocycles. The average molecular weight is 514 g/mol. The molecule has 0 saturated carbocycles. The molecule has 1 amide bonds. The number of ether oxygens (including phenoxy) is 1. The topological polar surface area (TPSA) is 121 Å². The molecule has 1 fully saturated rings. The summed E-state index contributed by atoms with van der Waals surface area (Å²) < 4.78 is 7.50. The zero-order valence-electron chi connectivity index (χ0n) is 20.7. The molecule has 3 aromatic heterocycles. The molecule has 0 spiro atoms. The van der Waals surface area contributed by atoms with Crippen molar-refractivity contribution in [1.29, 1.82) is 0 Å². The molecule has 0 unspecified atom stereocenters. The number of carbonyl (C=O) groups is 1. The zero-order valence-corrected chi connectivity index (χ0v) is 21.6. The second kappa shape index (κ2) is 10.5. The number of rotatable bonds is 7. The number of carbonyl (C=O) groups excluding carboxylic acids is 1. The Morgan fingerprint density at radius 1 is 1.25 bits per heavy atom. The van der Waals surface area contributed by atoms with Gasteiger partial charge in [0, 0.05) is 31.2 Å². The highest BCUT2D eigenvalue weighted by molar-refractivity contribution is 6.05. The van der Waals surface area contributed by atoms with E-state index in [0.717, 1.165) is 61.6 Å². The number of halogens is 1. The number of aliphatic hydroxyl groups excluding tert-OH is 1. The zero-order chi connectivity index (χ0) is 24.6. The van der Waals surface area contributed by atoms with Crippen LogP contribution in [0.5, 0.6) is 0 Å². The SMILES string of the molecule is Cc1ccc2c(-c3cnc4[nH]cc(C(=O)NC(C)(C)CO)c4n3)nn(CCN3CCOCC3)c2c1.Cl. The van der Waals surface area contributed by atoms with Crippen LogP contribution in [0.4, 0.5) is 0 Å². The largest absolute Gasteiger partial charge is 0.394 e. The monoisotopic (exact) mass is 513 g/mol. The van der Waals surface area contributed by atoms with Gasteiger partial charge < -0.3 is 20.1 Å². The molecule has 4 aromatic rings. The van der Waals surface area contributed by atoms with Crippen LogP contribution >= 0.6 is 12.4 Å². The number of benzene rings is 1. The minimum absolute atomic E-state index is 0. The minimum atomic E-state index is -0.751. The molecular formula is C25H32ClN7O3. The first-order valence-corrected chi connectivity index (χ1v) is 11.9. The van der Waals surface area contributed by atoms with E-state index in [0.29, 0.717) is 22.4 Å². The fourth-order valence-corrected chi connectivity index (χ4v) is 4.30. The van der Waals surface area contributed by atoms with E-state index in [2.05, 4.69) is 45.3 Å². The normalized spacial score (nSPS) is 14.8. The summed E-state index contributed by atoms with van der Waals surface area (Å²) in [5.74, 6) is -0.321. The van der Waals surface area contributed by atoms with Gasteiger partial charge in [0.1, 0.15) is 16.9 Å². The van der Waals surface area contributed by atoms with Crippen LogP contribution in [-0.4, -0.2) is 85.6 Å². The molecule has 11 heteroatoms. The van der Waals surface area contributed by atoms with E-state index in [-0.39, 0.29) is 24.9 Å². The Morgan fingerprint density at radius 2 is 2.03 bits per heavy atom. The van der Waals surface area contributed by atoms with Crippen LogP contribution in [0, 0.1) is 6.92 Å². The van der Waals surface area contributed by atoms with Gasteiger partial charge in [-0.25, -0.2) is 9.97 Å². The molecule has 0 atom stereocenters. The van der Waals surface area contributed by atoms with Crippen LogP contribution in [0.1, 0.15) is 29.8 Å². The van der Waals surface area contributed by atoms with Crippen LogP contribution in [0.2, 0.25) is 0 Å². The molecule has 1 aliphatic rings. The number of morpholine rings is 1. The van der Waals surface area contributed by atoms with Gasteiger partial charge in [0.2, 0.25) is 0 Å². The lowest BCUT2D eigenvalue weighted by atomic mass is 10.1. The van der Waals surface area contributed by atoms with Crippen LogP contribution < -0.4 is 5.32 Å². The fourth-order valence-electron chi connectivity index (χ4n) is 4.30. The van der Waals surface area contributed by atoms with Crippen molar-refractivity contribution in [2.75, 3.05) is 39.5 Å². The smallest absolute Gasteiger partial charge is 0.255 e. The van der Waals surface area contributed by atoms with Crippen molar-refractivity contribution in [2.45, 2.75) is 32.9 Å². The second-order valence-electron chi connectivity index (χ2n) is 9.70. The van der Waals surface area contributed by atoms with E-state index in [1.807, 2.05) is 4.68 Å². The third-order valence-electron chi connectivity index (χ3n) is 6.35. The summed E-state index contributed by atoms with van der Waals surface area (Å²) in [5, 5.41) is 18.3. The summed E-state index contributed by atoms with van der Waals surface area (Å²) in [4.78, 5) is 27.6. The quantitative estimate of drug-likeness (QED) is 0.347. The van der Waals surface area contributed by atoms with Gasteiger partial charge in [-0.1, -0.05) is 12.1 Å². The number of hydrogen-bond acceptors (Lipinski definition) is 7. The number of aromatic nitrogens is 5. The van der Waals surface area contributed by atoms with E-state index in [4.69, 9.17) is 14.8 Å². The minimum Gasteiger partial charge on any atom is -0.394 e. The lowest BCUT2D eigenvalue weighted by molar-refractivity contribution is 0.0361. The molecule has 0 radical (unpaired) electrons. The first-order valence-electron chi connectivity index (χ1n) is 11.9. The van der Waals surface area contributed by atoms with Crippen LogP contribution in [0.3, 0.4) is 0 Å². The van der Waals surface area contributed by atoms with Gasteiger partial charge in [-0.3, -0.25) is 14.4 Å². The Labute approximate surface area is 215 Å². The highest BCUT2D eigenvalue weighted by atomic mass is 35.5. The molecule has 0 aliphatic carbocycles. The van der Waals surface area contributed by atoms with E-state index < -0.39 is 5.54 Å². The molecule has 192 valence electrons. The van der Waals surface area contributed by atoms with Crippen molar-refractivity contribution in [3.05, 3.63) is 41.7 Å². The average Bonchev–Trinajstić information content (AvgIpc) is 3.44. The van der Waals surface area contributed by atoms with Crippen LogP contribution in [0.25, 0.3) is 33.5 Å².